The predicted molar refractivity (Wildman–Crippen MR) is 107 cm³/mol. The second kappa shape index (κ2) is 7.19. The molecule has 0 bridgehead atoms. The molecule has 1 aliphatic rings. The van der Waals surface area contributed by atoms with Gasteiger partial charge >= 0.3 is 0 Å². The molecular weight excluding hydrogens is 352 g/mol. The quantitative estimate of drug-likeness (QED) is 0.679. The highest BCUT2D eigenvalue weighted by atomic mass is 16.3. The topological polar surface area (TPSA) is 62.6 Å². The van der Waals surface area contributed by atoms with Crippen LogP contribution >= 0.6 is 0 Å². The normalized spacial score (nSPS) is 14.1. The molecule has 0 unspecified atom stereocenters. The van der Waals surface area contributed by atoms with Gasteiger partial charge in [-0.25, -0.2) is 0 Å². The van der Waals surface area contributed by atoms with E-state index in [1.807, 2.05) is 62.4 Å². The molecule has 1 N–H and O–H groups in total. The van der Waals surface area contributed by atoms with E-state index in [-0.39, 0.29) is 24.1 Å². The first-order chi connectivity index (χ1) is 13.5. The molecule has 5 heteroatoms. The Kier molecular flexibility index (Phi) is 4.57. The van der Waals surface area contributed by atoms with Gasteiger partial charge in [-0.1, -0.05) is 36.4 Å². The van der Waals surface area contributed by atoms with E-state index in [1.54, 1.807) is 12.1 Å². The molecule has 0 saturated heterocycles. The van der Waals surface area contributed by atoms with Gasteiger partial charge in [0.05, 0.1) is 18.4 Å². The molecule has 2 heterocycles. The lowest BCUT2D eigenvalue weighted by atomic mass is 10.0. The molecule has 5 nitrogen and oxygen atoms in total. The molecule has 0 fully saturated rings. The summed E-state index contributed by atoms with van der Waals surface area (Å²) in [6.45, 7) is 4.14. The van der Waals surface area contributed by atoms with E-state index >= 15 is 0 Å². The van der Waals surface area contributed by atoms with Gasteiger partial charge in [-0.15, -0.1) is 0 Å². The van der Waals surface area contributed by atoms with Crippen LogP contribution in [0, 0.1) is 13.8 Å². The molecule has 2 amide bonds. The van der Waals surface area contributed by atoms with Crippen molar-refractivity contribution in [2.24, 2.45) is 0 Å². The maximum absolute atomic E-state index is 13.1. The molecular formula is C23H20N2O3. The summed E-state index contributed by atoms with van der Waals surface area (Å²) in [5, 5.41) is 3.18. The van der Waals surface area contributed by atoms with Crippen molar-refractivity contribution < 1.29 is 14.0 Å². The number of rotatable bonds is 5. The molecule has 1 aromatic heterocycles. The van der Waals surface area contributed by atoms with Crippen molar-refractivity contribution in [1.82, 2.24) is 4.90 Å². The van der Waals surface area contributed by atoms with E-state index in [9.17, 15) is 9.59 Å². The average molecular weight is 372 g/mol. The zero-order chi connectivity index (χ0) is 19.7. The number of carbonyl (C=O) groups is 2. The maximum atomic E-state index is 13.1. The van der Waals surface area contributed by atoms with E-state index in [0.717, 1.165) is 16.8 Å². The second-order valence-electron chi connectivity index (χ2n) is 6.82. The van der Waals surface area contributed by atoms with Crippen molar-refractivity contribution >= 4 is 23.1 Å². The van der Waals surface area contributed by atoms with Crippen molar-refractivity contribution in [2.75, 3.05) is 5.32 Å². The summed E-state index contributed by atoms with van der Waals surface area (Å²) >= 11 is 0. The lowest BCUT2D eigenvalue weighted by molar-refractivity contribution is -0.137. The molecule has 0 atom stereocenters. The fourth-order valence-corrected chi connectivity index (χ4v) is 3.23. The third kappa shape index (κ3) is 3.22. The Morgan fingerprint density at radius 3 is 2.36 bits per heavy atom. The standard InChI is InChI=1S/C23H20N2O3/c1-15-10-11-18(13-16(15)2)24-21-20(17-7-4-3-5-8-17)22(26)25(23(21)27)14-19-9-6-12-28-19/h3-13,24H,14H2,1-2H3. The Morgan fingerprint density at radius 2 is 1.68 bits per heavy atom. The predicted octanol–water partition coefficient (Wildman–Crippen LogP) is 4.29. The molecule has 140 valence electrons. The van der Waals surface area contributed by atoms with Crippen LogP contribution in [-0.2, 0) is 16.1 Å². The number of anilines is 1. The minimum atomic E-state index is -0.363. The van der Waals surface area contributed by atoms with Crippen molar-refractivity contribution in [3.05, 3.63) is 95.1 Å². The first-order valence-electron chi connectivity index (χ1n) is 9.07. The van der Waals surface area contributed by atoms with Gasteiger partial charge < -0.3 is 9.73 Å². The number of carbonyl (C=O) groups excluding carboxylic acids is 2. The fourth-order valence-electron chi connectivity index (χ4n) is 3.23. The van der Waals surface area contributed by atoms with Crippen molar-refractivity contribution in [1.29, 1.82) is 0 Å². The Hall–Kier alpha value is -3.60. The van der Waals surface area contributed by atoms with Gasteiger partial charge in [0.1, 0.15) is 11.5 Å². The highest BCUT2D eigenvalue weighted by molar-refractivity contribution is 6.36. The number of aryl methyl sites for hydroxylation is 2. The van der Waals surface area contributed by atoms with Crippen LogP contribution in [0.5, 0.6) is 0 Å². The van der Waals surface area contributed by atoms with Gasteiger partial charge in [-0.3, -0.25) is 14.5 Å². The molecule has 0 saturated carbocycles. The van der Waals surface area contributed by atoms with Crippen LogP contribution in [-0.4, -0.2) is 16.7 Å². The zero-order valence-electron chi connectivity index (χ0n) is 15.7. The van der Waals surface area contributed by atoms with Crippen LogP contribution in [0.1, 0.15) is 22.5 Å². The van der Waals surface area contributed by atoms with Crippen molar-refractivity contribution in [3.63, 3.8) is 0 Å². The Morgan fingerprint density at radius 1 is 0.893 bits per heavy atom. The molecule has 0 aliphatic carbocycles. The van der Waals surface area contributed by atoms with Gasteiger partial charge in [0.15, 0.2) is 0 Å². The number of amides is 2. The number of benzene rings is 2. The molecule has 2 aromatic carbocycles. The van der Waals surface area contributed by atoms with E-state index < -0.39 is 0 Å². The third-order valence-corrected chi connectivity index (χ3v) is 4.90. The van der Waals surface area contributed by atoms with E-state index in [1.165, 1.54) is 11.2 Å². The first-order valence-corrected chi connectivity index (χ1v) is 9.07. The molecule has 0 spiro atoms. The van der Waals surface area contributed by atoms with Gasteiger partial charge in [-0.2, -0.15) is 0 Å². The molecule has 28 heavy (non-hydrogen) atoms. The molecule has 1 aliphatic heterocycles. The largest absolute Gasteiger partial charge is 0.467 e. The molecule has 0 radical (unpaired) electrons. The Bertz CT molecular complexity index is 1070. The molecule has 4 rings (SSSR count). The highest BCUT2D eigenvalue weighted by Gasteiger charge is 2.39. The van der Waals surface area contributed by atoms with E-state index in [4.69, 9.17) is 4.42 Å². The summed E-state index contributed by atoms with van der Waals surface area (Å²) in [6.07, 6.45) is 1.53. The average Bonchev–Trinajstić information content (AvgIpc) is 3.29. The van der Waals surface area contributed by atoms with Gasteiger partial charge in [0.25, 0.3) is 11.8 Å². The number of furan rings is 1. The van der Waals surface area contributed by atoms with Crippen LogP contribution in [0.15, 0.2) is 77.0 Å². The fraction of sp³-hybridized carbons (Fsp3) is 0.130. The summed E-state index contributed by atoms with van der Waals surface area (Å²) in [6, 6.07) is 18.6. The SMILES string of the molecule is Cc1ccc(NC2=C(c3ccccc3)C(=O)N(Cc3ccco3)C2=O)cc1C. The minimum Gasteiger partial charge on any atom is -0.467 e. The Labute approximate surface area is 163 Å². The number of hydrogen-bond acceptors (Lipinski definition) is 4. The van der Waals surface area contributed by atoms with E-state index in [0.29, 0.717) is 16.9 Å². The number of nitrogens with zero attached hydrogens (tertiary/aromatic N) is 1. The summed E-state index contributed by atoms with van der Waals surface area (Å²) in [7, 11) is 0. The lowest BCUT2D eigenvalue weighted by Crippen LogP contribution is -2.31. The maximum Gasteiger partial charge on any atom is 0.278 e. The lowest BCUT2D eigenvalue weighted by Gasteiger charge is -2.14. The molecule has 3 aromatic rings. The Balaban J connectivity index is 1.75. The zero-order valence-corrected chi connectivity index (χ0v) is 15.7. The van der Waals surface area contributed by atoms with Crippen LogP contribution in [0.4, 0.5) is 5.69 Å². The number of nitrogens with one attached hydrogen (secondary N) is 1. The number of imide groups is 1. The third-order valence-electron chi connectivity index (χ3n) is 4.90. The van der Waals surface area contributed by atoms with Gasteiger partial charge in [0, 0.05) is 5.69 Å². The van der Waals surface area contributed by atoms with Gasteiger partial charge in [0.2, 0.25) is 0 Å². The summed E-state index contributed by atoms with van der Waals surface area (Å²) < 4.78 is 5.33. The van der Waals surface area contributed by atoms with Gasteiger partial charge in [-0.05, 0) is 54.8 Å². The summed E-state index contributed by atoms with van der Waals surface area (Å²) in [5.74, 6) is -0.140. The van der Waals surface area contributed by atoms with Crippen molar-refractivity contribution in [3.8, 4) is 0 Å². The summed E-state index contributed by atoms with van der Waals surface area (Å²) in [5.41, 5.74) is 4.40. The first kappa shape index (κ1) is 17.8. The minimum absolute atomic E-state index is 0.0963. The highest BCUT2D eigenvalue weighted by Crippen LogP contribution is 2.31. The summed E-state index contributed by atoms with van der Waals surface area (Å²) in [4.78, 5) is 27.5. The van der Waals surface area contributed by atoms with Crippen LogP contribution in [0.3, 0.4) is 0 Å². The monoisotopic (exact) mass is 372 g/mol. The van der Waals surface area contributed by atoms with Crippen LogP contribution < -0.4 is 5.32 Å². The second-order valence-corrected chi connectivity index (χ2v) is 6.82. The van der Waals surface area contributed by atoms with E-state index in [2.05, 4.69) is 5.32 Å². The smallest absolute Gasteiger partial charge is 0.278 e. The van der Waals surface area contributed by atoms with Crippen molar-refractivity contribution in [2.45, 2.75) is 20.4 Å². The van der Waals surface area contributed by atoms with Crippen LogP contribution in [0.2, 0.25) is 0 Å². The number of hydrogen-bond donors (Lipinski definition) is 1. The van der Waals surface area contributed by atoms with Crippen LogP contribution in [0.25, 0.3) is 5.57 Å².